The lowest BCUT2D eigenvalue weighted by Crippen LogP contribution is -2.22. The lowest BCUT2D eigenvalue weighted by molar-refractivity contribution is -0.142. The van der Waals surface area contributed by atoms with E-state index < -0.39 is 5.97 Å². The topological polar surface area (TPSA) is 85.3 Å². The van der Waals surface area contributed by atoms with Crippen molar-refractivity contribution in [2.45, 2.75) is 19.3 Å². The highest BCUT2D eigenvalue weighted by atomic mass is 16.5. The zero-order valence-corrected chi connectivity index (χ0v) is 9.47. The maximum absolute atomic E-state index is 10.8. The van der Waals surface area contributed by atoms with Crippen LogP contribution >= 0.6 is 0 Å². The molecule has 0 aliphatic rings. The molecule has 0 aliphatic heterocycles. The average Bonchev–Trinajstić information content (AvgIpc) is 2.32. The minimum Gasteiger partial charge on any atom is -0.469 e. The van der Waals surface area contributed by atoms with Gasteiger partial charge in [-0.15, -0.1) is 4.91 Å². The molecule has 7 nitrogen and oxygen atoms in total. The molecule has 0 rings (SSSR count). The van der Waals surface area contributed by atoms with E-state index in [4.69, 9.17) is 0 Å². The van der Waals surface area contributed by atoms with Crippen LogP contribution in [0.5, 0.6) is 0 Å². The smallest absolute Gasteiger partial charge is 0.307 e. The number of methoxy groups -OCH3 is 2. The monoisotopic (exact) mass is 232 g/mol. The van der Waals surface area contributed by atoms with Crippen LogP contribution in [0.2, 0.25) is 0 Å². The van der Waals surface area contributed by atoms with Crippen LogP contribution in [-0.2, 0) is 19.1 Å². The van der Waals surface area contributed by atoms with Gasteiger partial charge in [0.1, 0.15) is 0 Å². The lowest BCUT2D eigenvalue weighted by Gasteiger charge is -2.13. The first-order valence-corrected chi connectivity index (χ1v) is 4.86. The normalized spacial score (nSPS) is 9.38. The molecule has 0 aliphatic carbocycles. The predicted octanol–water partition coefficient (Wildman–Crippen LogP) is 0.486. The molecule has 0 atom stereocenters. The number of nitroso groups, excluding NO2 is 1. The Morgan fingerprint density at radius 3 is 2.12 bits per heavy atom. The lowest BCUT2D eigenvalue weighted by atomic mass is 10.3. The largest absolute Gasteiger partial charge is 0.469 e. The second-order valence-electron chi connectivity index (χ2n) is 3.04. The molecule has 0 saturated carbocycles. The number of esters is 2. The Morgan fingerprint density at radius 1 is 1.06 bits per heavy atom. The zero-order valence-electron chi connectivity index (χ0n) is 9.47. The van der Waals surface area contributed by atoms with Crippen LogP contribution in [0.25, 0.3) is 0 Å². The molecular weight excluding hydrogens is 216 g/mol. The van der Waals surface area contributed by atoms with E-state index in [-0.39, 0.29) is 25.4 Å². The van der Waals surface area contributed by atoms with Gasteiger partial charge in [0.05, 0.1) is 25.9 Å². The van der Waals surface area contributed by atoms with Crippen molar-refractivity contribution in [2.75, 3.05) is 27.3 Å². The second kappa shape index (κ2) is 8.63. The van der Waals surface area contributed by atoms with E-state index in [0.717, 1.165) is 0 Å². The van der Waals surface area contributed by atoms with Gasteiger partial charge in [-0.25, -0.2) is 0 Å². The maximum Gasteiger partial charge on any atom is 0.307 e. The van der Waals surface area contributed by atoms with Crippen molar-refractivity contribution in [3.63, 3.8) is 0 Å². The van der Waals surface area contributed by atoms with Crippen LogP contribution in [0.3, 0.4) is 0 Å². The van der Waals surface area contributed by atoms with E-state index in [9.17, 15) is 14.5 Å². The number of rotatable bonds is 8. The van der Waals surface area contributed by atoms with Gasteiger partial charge in [0, 0.05) is 19.5 Å². The quantitative estimate of drug-likeness (QED) is 0.344. The third-order valence-electron chi connectivity index (χ3n) is 1.94. The Balaban J connectivity index is 3.71. The molecule has 0 saturated heterocycles. The van der Waals surface area contributed by atoms with Crippen molar-refractivity contribution >= 4 is 11.9 Å². The molecule has 0 bridgehead atoms. The van der Waals surface area contributed by atoms with E-state index in [2.05, 4.69) is 14.8 Å². The Bertz CT molecular complexity index is 244. The second-order valence-corrected chi connectivity index (χ2v) is 3.04. The summed E-state index contributed by atoms with van der Waals surface area (Å²) < 4.78 is 8.86. The molecule has 0 fully saturated rings. The van der Waals surface area contributed by atoms with E-state index >= 15 is 0 Å². The Morgan fingerprint density at radius 2 is 1.62 bits per heavy atom. The summed E-state index contributed by atoms with van der Waals surface area (Å²) in [5.74, 6) is -0.736. The highest BCUT2D eigenvalue weighted by molar-refractivity contribution is 5.69. The SMILES string of the molecule is COC(=O)CCCN(CCC(=O)OC)N=O. The number of carbonyl (C=O) groups excluding carboxylic acids is 2. The summed E-state index contributed by atoms with van der Waals surface area (Å²) in [6, 6.07) is 0. The summed E-state index contributed by atoms with van der Waals surface area (Å²) in [5.41, 5.74) is 0. The average molecular weight is 232 g/mol. The van der Waals surface area contributed by atoms with Gasteiger partial charge in [-0.05, 0) is 6.42 Å². The van der Waals surface area contributed by atoms with E-state index in [1.807, 2.05) is 0 Å². The van der Waals surface area contributed by atoms with Crippen molar-refractivity contribution in [1.82, 2.24) is 5.01 Å². The van der Waals surface area contributed by atoms with Crippen molar-refractivity contribution in [1.29, 1.82) is 0 Å². The molecule has 16 heavy (non-hydrogen) atoms. The fourth-order valence-corrected chi connectivity index (χ4v) is 1.02. The minimum atomic E-state index is -0.401. The first-order valence-electron chi connectivity index (χ1n) is 4.86. The van der Waals surface area contributed by atoms with Gasteiger partial charge in [-0.1, -0.05) is 0 Å². The third-order valence-corrected chi connectivity index (χ3v) is 1.94. The number of ether oxygens (including phenoxy) is 2. The van der Waals surface area contributed by atoms with Gasteiger partial charge in [0.2, 0.25) is 0 Å². The summed E-state index contributed by atoms with van der Waals surface area (Å²) in [4.78, 5) is 31.9. The summed E-state index contributed by atoms with van der Waals surface area (Å²) in [6.07, 6.45) is 0.779. The molecule has 0 aromatic rings. The van der Waals surface area contributed by atoms with Gasteiger partial charge in [0.25, 0.3) is 0 Å². The van der Waals surface area contributed by atoms with Gasteiger partial charge < -0.3 is 9.47 Å². The molecule has 0 aromatic carbocycles. The Kier molecular flexibility index (Phi) is 7.74. The van der Waals surface area contributed by atoms with E-state index in [0.29, 0.717) is 13.0 Å². The van der Waals surface area contributed by atoms with Crippen LogP contribution in [0.15, 0.2) is 5.29 Å². The first kappa shape index (κ1) is 14.3. The standard InChI is InChI=1S/C9H16N2O5/c1-15-8(12)4-3-6-11(10-14)7-5-9(13)16-2/h3-7H2,1-2H3. The molecular formula is C9H16N2O5. The molecule has 7 heteroatoms. The maximum atomic E-state index is 10.8. The molecule has 92 valence electrons. The van der Waals surface area contributed by atoms with E-state index in [1.54, 1.807) is 0 Å². The van der Waals surface area contributed by atoms with E-state index in [1.165, 1.54) is 19.2 Å². The van der Waals surface area contributed by atoms with Crippen LogP contribution in [-0.4, -0.2) is 44.3 Å². The highest BCUT2D eigenvalue weighted by Gasteiger charge is 2.08. The molecule has 0 aromatic heterocycles. The summed E-state index contributed by atoms with van der Waals surface area (Å²) in [5, 5.41) is 3.92. The summed E-state index contributed by atoms with van der Waals surface area (Å²) >= 11 is 0. The van der Waals surface area contributed by atoms with Crippen molar-refractivity contribution in [2.24, 2.45) is 5.29 Å². The Labute approximate surface area is 93.6 Å². The van der Waals surface area contributed by atoms with Crippen LogP contribution in [0.1, 0.15) is 19.3 Å². The third kappa shape index (κ3) is 6.74. The van der Waals surface area contributed by atoms with Crippen LogP contribution in [0.4, 0.5) is 0 Å². The molecule has 0 radical (unpaired) electrons. The van der Waals surface area contributed by atoms with Crippen LogP contribution < -0.4 is 0 Å². The summed E-state index contributed by atoms with van der Waals surface area (Å²) in [6.45, 7) is 0.507. The highest BCUT2D eigenvalue weighted by Crippen LogP contribution is 1.99. The molecule has 0 N–H and O–H groups in total. The van der Waals surface area contributed by atoms with Crippen molar-refractivity contribution < 1.29 is 19.1 Å². The molecule has 0 unspecified atom stereocenters. The first-order chi connectivity index (χ1) is 7.63. The fraction of sp³-hybridized carbons (Fsp3) is 0.778. The minimum absolute atomic E-state index is 0.0977. The van der Waals surface area contributed by atoms with Gasteiger partial charge in [0.15, 0.2) is 0 Å². The van der Waals surface area contributed by atoms with Crippen molar-refractivity contribution in [3.05, 3.63) is 4.91 Å². The fourth-order valence-electron chi connectivity index (χ4n) is 1.02. The van der Waals surface area contributed by atoms with Crippen LogP contribution in [0, 0.1) is 4.91 Å². The molecule has 0 heterocycles. The summed E-state index contributed by atoms with van der Waals surface area (Å²) in [7, 11) is 2.58. The number of hydrogen-bond acceptors (Lipinski definition) is 6. The molecule has 0 amide bonds. The molecule has 0 spiro atoms. The zero-order chi connectivity index (χ0) is 12.4. The van der Waals surface area contributed by atoms with Gasteiger partial charge >= 0.3 is 11.9 Å². The number of nitrogens with zero attached hydrogens (tertiary/aromatic N) is 2. The van der Waals surface area contributed by atoms with Gasteiger partial charge in [-0.2, -0.15) is 0 Å². The number of carbonyl (C=O) groups is 2. The van der Waals surface area contributed by atoms with Gasteiger partial charge in [-0.3, -0.25) is 14.6 Å². The Hall–Kier alpha value is -1.66. The van der Waals surface area contributed by atoms with Crippen molar-refractivity contribution in [3.8, 4) is 0 Å². The predicted molar refractivity (Wildman–Crippen MR) is 55.3 cm³/mol. The number of hydrogen-bond donors (Lipinski definition) is 0.